The third-order valence-electron chi connectivity index (χ3n) is 2.65. The van der Waals surface area contributed by atoms with Gasteiger partial charge in [0.05, 0.1) is 12.2 Å². The van der Waals surface area contributed by atoms with Gasteiger partial charge >= 0.3 is 6.18 Å². The lowest BCUT2D eigenvalue weighted by atomic mass is 10.1. The third kappa shape index (κ3) is 2.30. The Hall–Kier alpha value is -1.07. The molecule has 1 nitrogen and oxygen atoms in total. The molecule has 1 atom stereocenters. The van der Waals surface area contributed by atoms with Crippen LogP contribution in [0.25, 0.3) is 10.1 Å². The third-order valence-corrected chi connectivity index (χ3v) is 3.98. The topological polar surface area (TPSA) is 20.2 Å². The molecule has 0 aliphatic heterocycles. The number of hydrogen-bond acceptors (Lipinski definition) is 2. The van der Waals surface area contributed by atoms with Gasteiger partial charge in [-0.2, -0.15) is 13.2 Å². The van der Waals surface area contributed by atoms with Crippen LogP contribution in [0.5, 0.6) is 0 Å². The first-order valence-electron chi connectivity index (χ1n) is 5.14. The Morgan fingerprint density at radius 1 is 1.35 bits per heavy atom. The number of halogens is 3. The van der Waals surface area contributed by atoms with E-state index < -0.39 is 11.7 Å². The molecule has 1 aromatic carbocycles. The summed E-state index contributed by atoms with van der Waals surface area (Å²) < 4.78 is 38.9. The van der Waals surface area contributed by atoms with Crippen molar-refractivity contribution in [2.75, 3.05) is 6.61 Å². The van der Waals surface area contributed by atoms with Gasteiger partial charge in [0, 0.05) is 20.9 Å². The minimum absolute atomic E-state index is 0.0613. The van der Waals surface area contributed by atoms with Gasteiger partial charge < -0.3 is 5.11 Å². The van der Waals surface area contributed by atoms with Gasteiger partial charge in [0.1, 0.15) is 0 Å². The Morgan fingerprint density at radius 2 is 2.06 bits per heavy atom. The second kappa shape index (κ2) is 4.31. The molecule has 1 unspecified atom stereocenters. The van der Waals surface area contributed by atoms with Gasteiger partial charge in [-0.3, -0.25) is 0 Å². The molecule has 2 rings (SSSR count). The van der Waals surface area contributed by atoms with Crippen LogP contribution in [0, 0.1) is 0 Å². The van der Waals surface area contributed by atoms with Crippen LogP contribution in [0.3, 0.4) is 0 Å². The van der Waals surface area contributed by atoms with Crippen LogP contribution in [0.15, 0.2) is 24.3 Å². The molecule has 92 valence electrons. The van der Waals surface area contributed by atoms with E-state index in [-0.39, 0.29) is 17.9 Å². The summed E-state index contributed by atoms with van der Waals surface area (Å²) in [5.41, 5.74) is -0.609. The molecule has 1 N–H and O–H groups in total. The van der Waals surface area contributed by atoms with E-state index >= 15 is 0 Å². The first-order valence-corrected chi connectivity index (χ1v) is 5.95. The largest absolute Gasteiger partial charge is 0.417 e. The van der Waals surface area contributed by atoms with Gasteiger partial charge in [-0.25, -0.2) is 0 Å². The van der Waals surface area contributed by atoms with Crippen LogP contribution in [0.2, 0.25) is 0 Å². The Labute approximate surface area is 101 Å². The monoisotopic (exact) mass is 260 g/mol. The lowest BCUT2D eigenvalue weighted by Crippen LogP contribution is -2.04. The van der Waals surface area contributed by atoms with Crippen LogP contribution in [0.1, 0.15) is 23.3 Å². The molecule has 0 spiro atoms. The number of aliphatic hydroxyl groups excluding tert-OH is 1. The molecule has 0 saturated carbocycles. The lowest BCUT2D eigenvalue weighted by molar-refractivity contribution is -0.136. The standard InChI is InChI=1S/C12H11F3OS/c1-7(6-16)11-5-8-9(12(13,14)15)3-2-4-10(8)17-11/h2-5,7,16H,6H2,1H3. The highest BCUT2D eigenvalue weighted by molar-refractivity contribution is 7.19. The predicted octanol–water partition coefficient (Wildman–Crippen LogP) is 4.02. The van der Waals surface area contributed by atoms with Crippen molar-refractivity contribution in [2.24, 2.45) is 0 Å². The second-order valence-electron chi connectivity index (χ2n) is 3.95. The van der Waals surface area contributed by atoms with E-state index in [0.29, 0.717) is 4.70 Å². The zero-order chi connectivity index (χ0) is 12.6. The fourth-order valence-electron chi connectivity index (χ4n) is 1.66. The van der Waals surface area contributed by atoms with E-state index in [9.17, 15) is 13.2 Å². The number of hydrogen-bond donors (Lipinski definition) is 1. The van der Waals surface area contributed by atoms with E-state index in [1.807, 2.05) is 0 Å². The van der Waals surface area contributed by atoms with Crippen LogP contribution < -0.4 is 0 Å². The highest BCUT2D eigenvalue weighted by Crippen LogP contribution is 2.39. The van der Waals surface area contributed by atoms with Gasteiger partial charge in [-0.15, -0.1) is 11.3 Å². The van der Waals surface area contributed by atoms with Gasteiger partial charge in [-0.1, -0.05) is 13.0 Å². The Bertz CT molecular complexity index is 530. The van der Waals surface area contributed by atoms with Crippen molar-refractivity contribution in [3.63, 3.8) is 0 Å². The molecule has 0 aliphatic carbocycles. The average Bonchev–Trinajstić information content (AvgIpc) is 2.69. The molecule has 0 aliphatic rings. The van der Waals surface area contributed by atoms with Crippen molar-refractivity contribution in [3.05, 3.63) is 34.7 Å². The van der Waals surface area contributed by atoms with Gasteiger partial charge in [0.25, 0.3) is 0 Å². The van der Waals surface area contributed by atoms with Gasteiger partial charge in [0.15, 0.2) is 0 Å². The lowest BCUT2D eigenvalue weighted by Gasteiger charge is -2.07. The molecule has 0 bridgehead atoms. The second-order valence-corrected chi connectivity index (χ2v) is 5.06. The zero-order valence-corrected chi connectivity index (χ0v) is 9.90. The summed E-state index contributed by atoms with van der Waals surface area (Å²) in [6.07, 6.45) is -4.33. The maximum Gasteiger partial charge on any atom is 0.417 e. The van der Waals surface area contributed by atoms with Gasteiger partial charge in [0.2, 0.25) is 0 Å². The van der Waals surface area contributed by atoms with Crippen molar-refractivity contribution in [2.45, 2.75) is 19.0 Å². The Morgan fingerprint density at radius 3 is 2.65 bits per heavy atom. The molecule has 1 heterocycles. The first kappa shape index (κ1) is 12.4. The quantitative estimate of drug-likeness (QED) is 0.864. The highest BCUT2D eigenvalue weighted by atomic mass is 32.1. The van der Waals surface area contributed by atoms with Crippen LogP contribution in [-0.2, 0) is 6.18 Å². The molecular formula is C12H11F3OS. The molecular weight excluding hydrogens is 249 g/mol. The molecule has 0 radical (unpaired) electrons. The average molecular weight is 260 g/mol. The van der Waals surface area contributed by atoms with Crippen molar-refractivity contribution in [1.82, 2.24) is 0 Å². The van der Waals surface area contributed by atoms with E-state index in [2.05, 4.69) is 0 Å². The molecule has 5 heteroatoms. The summed E-state index contributed by atoms with van der Waals surface area (Å²) in [6.45, 7) is 1.73. The molecule has 0 fully saturated rings. The normalized spacial score (nSPS) is 14.2. The van der Waals surface area contributed by atoms with E-state index in [1.165, 1.54) is 23.5 Å². The molecule has 2 aromatic rings. The Kier molecular flexibility index (Phi) is 3.14. The maximum absolute atomic E-state index is 12.8. The van der Waals surface area contributed by atoms with E-state index in [1.54, 1.807) is 13.0 Å². The molecule has 0 amide bonds. The number of aliphatic hydroxyl groups is 1. The fraction of sp³-hybridized carbons (Fsp3) is 0.333. The summed E-state index contributed by atoms with van der Waals surface area (Å²) in [4.78, 5) is 0.777. The SMILES string of the molecule is CC(CO)c1cc2c(C(F)(F)F)cccc2s1. The first-order chi connectivity index (χ1) is 7.93. The van der Waals surface area contributed by atoms with Crippen molar-refractivity contribution in [1.29, 1.82) is 0 Å². The fourth-order valence-corrected chi connectivity index (χ4v) is 2.79. The summed E-state index contributed by atoms with van der Waals surface area (Å²) in [7, 11) is 0. The number of thiophene rings is 1. The predicted molar refractivity (Wildman–Crippen MR) is 62.3 cm³/mol. The summed E-state index contributed by atoms with van der Waals surface area (Å²) in [5, 5.41) is 9.25. The minimum atomic E-state index is -4.33. The van der Waals surface area contributed by atoms with Crippen molar-refractivity contribution < 1.29 is 18.3 Å². The smallest absolute Gasteiger partial charge is 0.396 e. The number of fused-ring (bicyclic) bond motifs is 1. The molecule has 17 heavy (non-hydrogen) atoms. The highest BCUT2D eigenvalue weighted by Gasteiger charge is 2.32. The van der Waals surface area contributed by atoms with Crippen LogP contribution in [-0.4, -0.2) is 11.7 Å². The van der Waals surface area contributed by atoms with Crippen LogP contribution in [0.4, 0.5) is 13.2 Å². The van der Waals surface area contributed by atoms with Crippen LogP contribution >= 0.6 is 11.3 Å². The minimum Gasteiger partial charge on any atom is -0.396 e. The van der Waals surface area contributed by atoms with E-state index in [0.717, 1.165) is 10.9 Å². The summed E-state index contributed by atoms with van der Waals surface area (Å²) >= 11 is 1.30. The summed E-state index contributed by atoms with van der Waals surface area (Å²) in [5.74, 6) is -0.131. The molecule has 0 saturated heterocycles. The van der Waals surface area contributed by atoms with E-state index in [4.69, 9.17) is 5.11 Å². The van der Waals surface area contributed by atoms with Crippen molar-refractivity contribution >= 4 is 21.4 Å². The summed E-state index contributed by atoms with van der Waals surface area (Å²) in [6, 6.07) is 5.70. The maximum atomic E-state index is 12.8. The van der Waals surface area contributed by atoms with Crippen molar-refractivity contribution in [3.8, 4) is 0 Å². The molecule has 1 aromatic heterocycles. The number of alkyl halides is 3. The van der Waals surface area contributed by atoms with Gasteiger partial charge in [-0.05, 0) is 18.2 Å². The zero-order valence-electron chi connectivity index (χ0n) is 9.08. The number of rotatable bonds is 2. The Balaban J connectivity index is 2.61. The number of benzene rings is 1.